The zero-order valence-corrected chi connectivity index (χ0v) is 8.36. The van der Waals surface area contributed by atoms with E-state index in [4.69, 9.17) is 0 Å². The molecule has 0 aliphatic carbocycles. The molecule has 1 radical (unpaired) electrons. The van der Waals surface area contributed by atoms with Crippen molar-refractivity contribution in [1.82, 2.24) is 9.97 Å². The summed E-state index contributed by atoms with van der Waals surface area (Å²) < 4.78 is 0. The Labute approximate surface area is 88.4 Å². The summed E-state index contributed by atoms with van der Waals surface area (Å²) in [7, 11) is 1.82. The maximum absolute atomic E-state index is 4.11. The summed E-state index contributed by atoms with van der Waals surface area (Å²) >= 11 is 0. The van der Waals surface area contributed by atoms with Gasteiger partial charge in [-0.2, -0.15) is 0 Å². The molecule has 0 spiro atoms. The molecule has 0 unspecified atom stereocenters. The lowest BCUT2D eigenvalue weighted by atomic mass is 10.3. The monoisotopic (exact) mass is 199 g/mol. The van der Waals surface area contributed by atoms with E-state index in [-0.39, 0.29) is 0 Å². The lowest BCUT2D eigenvalue weighted by Crippen LogP contribution is -1.97. The molecule has 4 nitrogen and oxygen atoms in total. The number of benzene rings is 1. The third kappa shape index (κ3) is 2.43. The number of hydrogen-bond acceptors (Lipinski definition) is 4. The van der Waals surface area contributed by atoms with E-state index in [9.17, 15) is 0 Å². The minimum absolute atomic E-state index is 0.764. The van der Waals surface area contributed by atoms with Gasteiger partial charge in [0.15, 0.2) is 0 Å². The Morgan fingerprint density at radius 3 is 2.60 bits per heavy atom. The fourth-order valence-electron chi connectivity index (χ4n) is 1.18. The first kappa shape index (κ1) is 9.45. The molecule has 0 amide bonds. The van der Waals surface area contributed by atoms with E-state index in [2.05, 4.69) is 26.7 Å². The molecule has 4 heteroatoms. The molecule has 75 valence electrons. The highest BCUT2D eigenvalue weighted by atomic mass is 15.1. The second kappa shape index (κ2) is 4.41. The second-order valence-electron chi connectivity index (χ2n) is 2.95. The number of aromatic nitrogens is 2. The Morgan fingerprint density at radius 2 is 1.87 bits per heavy atom. The smallest absolute Gasteiger partial charge is 0.135 e. The molecule has 2 N–H and O–H groups in total. The largest absolute Gasteiger partial charge is 0.373 e. The van der Waals surface area contributed by atoms with Crippen LogP contribution in [0.2, 0.25) is 0 Å². The predicted molar refractivity (Wildman–Crippen MR) is 60.1 cm³/mol. The molecule has 0 atom stereocenters. The van der Waals surface area contributed by atoms with Gasteiger partial charge in [0.2, 0.25) is 0 Å². The van der Waals surface area contributed by atoms with E-state index < -0.39 is 0 Å². The number of hydrogen-bond donors (Lipinski definition) is 2. The van der Waals surface area contributed by atoms with Gasteiger partial charge < -0.3 is 10.6 Å². The van der Waals surface area contributed by atoms with Crippen LogP contribution in [-0.4, -0.2) is 17.0 Å². The van der Waals surface area contributed by atoms with Gasteiger partial charge in [-0.25, -0.2) is 9.97 Å². The highest BCUT2D eigenvalue weighted by Gasteiger charge is 1.96. The van der Waals surface area contributed by atoms with Crippen molar-refractivity contribution in [3.05, 3.63) is 42.7 Å². The highest BCUT2D eigenvalue weighted by molar-refractivity contribution is 5.58. The Hall–Kier alpha value is -2.10. The van der Waals surface area contributed by atoms with Gasteiger partial charge in [0.05, 0.1) is 0 Å². The van der Waals surface area contributed by atoms with Crippen molar-refractivity contribution in [2.45, 2.75) is 0 Å². The number of nitrogens with one attached hydrogen (secondary N) is 2. The maximum Gasteiger partial charge on any atom is 0.135 e. The quantitative estimate of drug-likeness (QED) is 0.794. The van der Waals surface area contributed by atoms with Gasteiger partial charge in [0, 0.05) is 18.8 Å². The second-order valence-corrected chi connectivity index (χ2v) is 2.95. The van der Waals surface area contributed by atoms with Crippen molar-refractivity contribution in [3.63, 3.8) is 0 Å². The molecule has 0 saturated carbocycles. The van der Waals surface area contributed by atoms with Crippen LogP contribution in [0, 0.1) is 6.07 Å². The van der Waals surface area contributed by atoms with Gasteiger partial charge in [-0.05, 0) is 18.2 Å². The first-order chi connectivity index (χ1) is 7.38. The summed E-state index contributed by atoms with van der Waals surface area (Å²) in [6.07, 6.45) is 1.52. The van der Waals surface area contributed by atoms with Gasteiger partial charge in [-0.15, -0.1) is 0 Å². The Balaban J connectivity index is 2.17. The van der Waals surface area contributed by atoms with Crippen LogP contribution in [0.4, 0.5) is 17.3 Å². The van der Waals surface area contributed by atoms with E-state index in [1.807, 2.05) is 37.4 Å². The zero-order chi connectivity index (χ0) is 10.5. The van der Waals surface area contributed by atoms with Crippen LogP contribution in [0.15, 0.2) is 36.7 Å². The van der Waals surface area contributed by atoms with Crippen molar-refractivity contribution in [3.8, 4) is 0 Å². The van der Waals surface area contributed by atoms with Crippen LogP contribution in [0.5, 0.6) is 0 Å². The van der Waals surface area contributed by atoms with Crippen LogP contribution in [0.25, 0.3) is 0 Å². The molecule has 1 heterocycles. The van der Waals surface area contributed by atoms with Crippen molar-refractivity contribution < 1.29 is 0 Å². The van der Waals surface area contributed by atoms with Crippen molar-refractivity contribution >= 4 is 17.3 Å². The fraction of sp³-hybridized carbons (Fsp3) is 0.0909. The Morgan fingerprint density at radius 1 is 1.13 bits per heavy atom. The summed E-state index contributed by atoms with van der Waals surface area (Å²) in [4.78, 5) is 8.14. The number of rotatable bonds is 3. The summed E-state index contributed by atoms with van der Waals surface area (Å²) in [6, 6.07) is 12.4. The standard InChI is InChI=1S/C11H11N4/c1-12-10-7-11(14-8-13-10)15-9-5-3-2-4-6-9/h3-8H,1H3,(H2,12,13,14,15). The number of anilines is 3. The minimum Gasteiger partial charge on any atom is -0.373 e. The van der Waals surface area contributed by atoms with Crippen molar-refractivity contribution in [2.24, 2.45) is 0 Å². The molecule has 2 aromatic rings. The molecule has 1 aromatic carbocycles. The predicted octanol–water partition coefficient (Wildman–Crippen LogP) is 2.06. The molecular weight excluding hydrogens is 188 g/mol. The summed E-state index contributed by atoms with van der Waals surface area (Å²) in [5.74, 6) is 1.55. The maximum atomic E-state index is 4.11. The average molecular weight is 199 g/mol. The topological polar surface area (TPSA) is 49.8 Å². The molecule has 0 saturated heterocycles. The molecule has 0 aliphatic rings. The van der Waals surface area contributed by atoms with E-state index in [1.165, 1.54) is 6.33 Å². The van der Waals surface area contributed by atoms with Gasteiger partial charge in [-0.3, -0.25) is 0 Å². The Bertz CT molecular complexity index is 428. The first-order valence-electron chi connectivity index (χ1n) is 4.61. The van der Waals surface area contributed by atoms with E-state index >= 15 is 0 Å². The third-order valence-electron chi connectivity index (χ3n) is 1.91. The van der Waals surface area contributed by atoms with Gasteiger partial charge in [0.1, 0.15) is 18.0 Å². The minimum atomic E-state index is 0.764. The summed E-state index contributed by atoms with van der Waals surface area (Å²) in [5, 5.41) is 6.12. The van der Waals surface area contributed by atoms with E-state index in [1.54, 1.807) is 0 Å². The molecule has 0 fully saturated rings. The molecule has 15 heavy (non-hydrogen) atoms. The lowest BCUT2D eigenvalue weighted by Gasteiger charge is -2.05. The molecule has 1 aromatic heterocycles. The highest BCUT2D eigenvalue weighted by Crippen LogP contribution is 2.14. The Kier molecular flexibility index (Phi) is 2.78. The average Bonchev–Trinajstić information content (AvgIpc) is 2.31. The van der Waals surface area contributed by atoms with E-state index in [0.717, 1.165) is 17.3 Å². The summed E-state index contributed by atoms with van der Waals surface area (Å²) in [6.45, 7) is 0. The number of nitrogens with zero attached hydrogens (tertiary/aromatic N) is 2. The van der Waals surface area contributed by atoms with Gasteiger partial charge in [-0.1, -0.05) is 12.1 Å². The van der Waals surface area contributed by atoms with Crippen LogP contribution in [0.3, 0.4) is 0 Å². The van der Waals surface area contributed by atoms with Crippen LogP contribution < -0.4 is 10.6 Å². The molecule has 0 aliphatic heterocycles. The van der Waals surface area contributed by atoms with Crippen molar-refractivity contribution in [2.75, 3.05) is 17.7 Å². The van der Waals surface area contributed by atoms with E-state index in [0.29, 0.717) is 0 Å². The zero-order valence-electron chi connectivity index (χ0n) is 8.36. The van der Waals surface area contributed by atoms with Crippen molar-refractivity contribution in [1.29, 1.82) is 0 Å². The third-order valence-corrected chi connectivity index (χ3v) is 1.91. The SMILES string of the molecule is CNc1cc(Nc2cc[c]cc2)ncn1. The molecule has 2 rings (SSSR count). The van der Waals surface area contributed by atoms with Crippen LogP contribution >= 0.6 is 0 Å². The molecule has 0 bridgehead atoms. The van der Waals surface area contributed by atoms with Crippen LogP contribution in [-0.2, 0) is 0 Å². The van der Waals surface area contributed by atoms with Gasteiger partial charge >= 0.3 is 0 Å². The normalized spacial score (nSPS) is 9.67. The summed E-state index contributed by atoms with van der Waals surface area (Å²) in [5.41, 5.74) is 0.981. The van der Waals surface area contributed by atoms with Gasteiger partial charge in [0.25, 0.3) is 0 Å². The van der Waals surface area contributed by atoms with Crippen LogP contribution in [0.1, 0.15) is 0 Å². The molecular formula is C11H11N4. The first-order valence-corrected chi connectivity index (χ1v) is 4.61. The fourth-order valence-corrected chi connectivity index (χ4v) is 1.18. The lowest BCUT2D eigenvalue weighted by molar-refractivity contribution is 1.16.